The predicted octanol–water partition coefficient (Wildman–Crippen LogP) is 2.96. The number of halogens is 1. The Balaban J connectivity index is 2.04. The summed E-state index contributed by atoms with van der Waals surface area (Å²) in [6, 6.07) is 3.08. The first-order chi connectivity index (χ1) is 12.6. The van der Waals surface area contributed by atoms with E-state index in [1.54, 1.807) is 17.2 Å². The number of aliphatic imine (C=N–C) groups is 1. The number of amidine groups is 2. The van der Waals surface area contributed by atoms with Crippen molar-refractivity contribution >= 4 is 60.8 Å². The van der Waals surface area contributed by atoms with Gasteiger partial charge in [-0.15, -0.1) is 0 Å². The van der Waals surface area contributed by atoms with Crippen LogP contribution in [0, 0.1) is 5.41 Å². The van der Waals surface area contributed by atoms with Crippen LogP contribution in [0.15, 0.2) is 38.3 Å². The Bertz CT molecular complexity index is 1060. The van der Waals surface area contributed by atoms with Crippen LogP contribution < -0.4 is 8.92 Å². The van der Waals surface area contributed by atoms with Crippen LogP contribution in [-0.2, 0) is 14.9 Å². The maximum Gasteiger partial charge on any atom is 0.306 e. The highest BCUT2D eigenvalue weighted by atomic mass is 79.9. The number of carbonyl (C=O) groups excluding carboxylic acids is 1. The van der Waals surface area contributed by atoms with Crippen molar-refractivity contribution in [3.63, 3.8) is 0 Å². The third-order valence-corrected chi connectivity index (χ3v) is 5.45. The van der Waals surface area contributed by atoms with Crippen LogP contribution in [0.3, 0.4) is 0 Å². The van der Waals surface area contributed by atoms with E-state index in [-0.39, 0.29) is 22.9 Å². The SMILES string of the molecule is COc1cc(/C=C2\C(=N)N3C=C(C)SC3=NC2=O)cc(Br)c1OS(C)(=O)=O. The maximum absolute atomic E-state index is 12.3. The fraction of sp³-hybridized carbons (Fsp3) is 0.188. The second kappa shape index (κ2) is 7.13. The summed E-state index contributed by atoms with van der Waals surface area (Å²) in [4.78, 5) is 18.8. The molecule has 0 saturated heterocycles. The van der Waals surface area contributed by atoms with E-state index < -0.39 is 16.0 Å². The standard InChI is InChI=1S/C16H14BrN3O5S2/c1-8-7-20-14(18)10(15(21)19-16(20)26-8)4-9-5-11(17)13(12(6-9)24-2)25-27(3,22)23/h4-7,18H,1-3H3/b10-4+,18-14?. The first-order valence-corrected chi connectivity index (χ1v) is 10.9. The summed E-state index contributed by atoms with van der Waals surface area (Å²) in [5.41, 5.74) is 0.620. The number of nitrogens with one attached hydrogen (secondary N) is 1. The molecule has 0 aromatic heterocycles. The molecule has 1 aromatic rings. The predicted molar refractivity (Wildman–Crippen MR) is 107 cm³/mol. The average Bonchev–Trinajstić information content (AvgIpc) is 2.93. The van der Waals surface area contributed by atoms with Crippen molar-refractivity contribution in [2.45, 2.75) is 6.92 Å². The Morgan fingerprint density at radius 2 is 2.07 bits per heavy atom. The second-order valence-electron chi connectivity index (χ2n) is 5.64. The van der Waals surface area contributed by atoms with Crippen molar-refractivity contribution in [2.24, 2.45) is 4.99 Å². The van der Waals surface area contributed by atoms with Crippen LogP contribution >= 0.6 is 27.7 Å². The fourth-order valence-corrected chi connectivity index (χ4v) is 4.36. The maximum atomic E-state index is 12.3. The van der Waals surface area contributed by atoms with Gasteiger partial charge in [-0.05, 0) is 46.6 Å². The zero-order chi connectivity index (χ0) is 19.9. The lowest BCUT2D eigenvalue weighted by Crippen LogP contribution is -2.35. The van der Waals surface area contributed by atoms with Crippen LogP contribution in [0.1, 0.15) is 12.5 Å². The molecule has 1 amide bonds. The molecule has 2 aliphatic heterocycles. The van der Waals surface area contributed by atoms with Crippen LogP contribution in [0.25, 0.3) is 6.08 Å². The smallest absolute Gasteiger partial charge is 0.306 e. The Morgan fingerprint density at radius 3 is 2.70 bits per heavy atom. The minimum absolute atomic E-state index is 0.00186. The van der Waals surface area contributed by atoms with Gasteiger partial charge in [0.1, 0.15) is 5.84 Å². The molecule has 0 saturated carbocycles. The molecular weight excluding hydrogens is 458 g/mol. The summed E-state index contributed by atoms with van der Waals surface area (Å²) >= 11 is 4.58. The minimum atomic E-state index is -3.75. The van der Waals surface area contributed by atoms with E-state index >= 15 is 0 Å². The quantitative estimate of drug-likeness (QED) is 0.530. The summed E-state index contributed by atoms with van der Waals surface area (Å²) in [6.07, 6.45) is 4.16. The number of fused-ring (bicyclic) bond motifs is 1. The number of methoxy groups -OCH3 is 1. The van der Waals surface area contributed by atoms with Crippen LogP contribution in [0.5, 0.6) is 11.5 Å². The van der Waals surface area contributed by atoms with Gasteiger partial charge < -0.3 is 8.92 Å². The first-order valence-electron chi connectivity index (χ1n) is 7.45. The molecule has 11 heteroatoms. The van der Waals surface area contributed by atoms with Gasteiger partial charge in [-0.1, -0.05) is 11.8 Å². The molecule has 0 spiro atoms. The average molecular weight is 472 g/mol. The Labute approximate surface area is 168 Å². The van der Waals surface area contributed by atoms with Gasteiger partial charge in [0.15, 0.2) is 16.7 Å². The van der Waals surface area contributed by atoms with Crippen LogP contribution in [0.2, 0.25) is 0 Å². The molecule has 0 bridgehead atoms. The molecular formula is C16H14BrN3O5S2. The number of carbonyl (C=O) groups is 1. The topological polar surface area (TPSA) is 109 Å². The molecule has 1 aromatic carbocycles. The first kappa shape index (κ1) is 19.6. The van der Waals surface area contributed by atoms with Crippen molar-refractivity contribution in [3.05, 3.63) is 38.8 Å². The number of ether oxygens (including phenoxy) is 1. The van der Waals surface area contributed by atoms with E-state index in [1.165, 1.54) is 31.0 Å². The summed E-state index contributed by atoms with van der Waals surface area (Å²) < 4.78 is 33.3. The molecule has 3 rings (SSSR count). The number of benzene rings is 1. The fourth-order valence-electron chi connectivity index (χ4n) is 2.42. The molecule has 1 N–H and O–H groups in total. The zero-order valence-corrected chi connectivity index (χ0v) is 17.7. The third-order valence-electron chi connectivity index (χ3n) is 3.49. The van der Waals surface area contributed by atoms with Crippen molar-refractivity contribution in [3.8, 4) is 11.5 Å². The van der Waals surface area contributed by atoms with E-state index in [0.29, 0.717) is 15.2 Å². The molecule has 2 aliphatic rings. The molecule has 0 radical (unpaired) electrons. The van der Waals surface area contributed by atoms with Crippen molar-refractivity contribution in [2.75, 3.05) is 13.4 Å². The number of amides is 1. The molecule has 0 unspecified atom stereocenters. The molecule has 2 heterocycles. The largest absolute Gasteiger partial charge is 0.493 e. The van der Waals surface area contributed by atoms with Gasteiger partial charge in [0, 0.05) is 11.1 Å². The normalized spacial score (nSPS) is 18.4. The van der Waals surface area contributed by atoms with Gasteiger partial charge in [0.2, 0.25) is 0 Å². The van der Waals surface area contributed by atoms with Gasteiger partial charge in [-0.2, -0.15) is 13.4 Å². The van der Waals surface area contributed by atoms with Gasteiger partial charge in [-0.3, -0.25) is 15.1 Å². The Morgan fingerprint density at radius 1 is 1.37 bits per heavy atom. The molecule has 27 heavy (non-hydrogen) atoms. The Kier molecular flexibility index (Phi) is 5.19. The van der Waals surface area contributed by atoms with E-state index in [0.717, 1.165) is 11.2 Å². The summed E-state index contributed by atoms with van der Waals surface area (Å²) in [5.74, 6) is -0.343. The Hall–Kier alpha value is -2.11. The van der Waals surface area contributed by atoms with Crippen molar-refractivity contribution < 1.29 is 22.1 Å². The van der Waals surface area contributed by atoms with Gasteiger partial charge >= 0.3 is 10.1 Å². The van der Waals surface area contributed by atoms with Crippen LogP contribution in [0.4, 0.5) is 0 Å². The lowest BCUT2D eigenvalue weighted by Gasteiger charge is -2.22. The van der Waals surface area contributed by atoms with E-state index in [2.05, 4.69) is 20.9 Å². The lowest BCUT2D eigenvalue weighted by molar-refractivity contribution is -0.114. The van der Waals surface area contributed by atoms with E-state index in [9.17, 15) is 13.2 Å². The summed E-state index contributed by atoms with van der Waals surface area (Å²) in [5, 5.41) is 8.76. The van der Waals surface area contributed by atoms with E-state index in [4.69, 9.17) is 14.3 Å². The molecule has 142 valence electrons. The van der Waals surface area contributed by atoms with Gasteiger partial charge in [0.25, 0.3) is 5.91 Å². The summed E-state index contributed by atoms with van der Waals surface area (Å²) in [6.45, 7) is 1.87. The van der Waals surface area contributed by atoms with Crippen molar-refractivity contribution in [1.29, 1.82) is 5.41 Å². The highest BCUT2D eigenvalue weighted by molar-refractivity contribution is 9.10. The number of allylic oxidation sites excluding steroid dienone is 1. The van der Waals surface area contributed by atoms with E-state index in [1.807, 2.05) is 6.92 Å². The van der Waals surface area contributed by atoms with Crippen molar-refractivity contribution in [1.82, 2.24) is 4.90 Å². The van der Waals surface area contributed by atoms with Gasteiger partial charge in [-0.25, -0.2) is 0 Å². The number of hydrogen-bond donors (Lipinski definition) is 1. The molecule has 8 nitrogen and oxygen atoms in total. The highest BCUT2D eigenvalue weighted by Gasteiger charge is 2.33. The number of hydrogen-bond acceptors (Lipinski definition) is 7. The third kappa shape index (κ3) is 4.09. The lowest BCUT2D eigenvalue weighted by atomic mass is 10.1. The molecule has 0 aliphatic carbocycles. The molecule has 0 fully saturated rings. The number of rotatable bonds is 4. The number of thioether (sulfide) groups is 1. The number of nitrogens with zero attached hydrogens (tertiary/aromatic N) is 2. The second-order valence-corrected chi connectivity index (χ2v) is 9.28. The monoisotopic (exact) mass is 471 g/mol. The van der Waals surface area contributed by atoms with Crippen LogP contribution in [-0.4, -0.2) is 43.6 Å². The summed E-state index contributed by atoms with van der Waals surface area (Å²) in [7, 11) is -2.38. The highest BCUT2D eigenvalue weighted by Crippen LogP contribution is 2.39. The minimum Gasteiger partial charge on any atom is -0.493 e. The van der Waals surface area contributed by atoms with Gasteiger partial charge in [0.05, 0.1) is 23.4 Å². The zero-order valence-electron chi connectivity index (χ0n) is 14.4. The molecule has 0 atom stereocenters.